The molecule has 2 heterocycles. The second-order valence-electron chi connectivity index (χ2n) is 8.23. The Morgan fingerprint density at radius 1 is 1.08 bits per heavy atom. The number of carboxylic acid groups (broad SMARTS) is 1. The highest BCUT2D eigenvalue weighted by molar-refractivity contribution is 7.92. The Hall–Kier alpha value is -3.81. The number of aryl methyl sites for hydroxylation is 1. The average molecular weight is 560 g/mol. The van der Waals surface area contributed by atoms with Gasteiger partial charge in [-0.15, -0.1) is 11.3 Å². The van der Waals surface area contributed by atoms with E-state index >= 15 is 0 Å². The van der Waals surface area contributed by atoms with Crippen LogP contribution in [0.5, 0.6) is 0 Å². The van der Waals surface area contributed by atoms with Crippen LogP contribution in [0.15, 0.2) is 47.4 Å². The topological polar surface area (TPSA) is 164 Å². The highest BCUT2D eigenvalue weighted by Crippen LogP contribution is 2.40. The number of fused-ring (bicyclic) bond motifs is 2. The molecule has 0 saturated heterocycles. The molecule has 2 aromatic carbocycles. The zero-order valence-electron chi connectivity index (χ0n) is 18.9. The summed E-state index contributed by atoms with van der Waals surface area (Å²) in [5.74, 6) is -1.34. The lowest BCUT2D eigenvalue weighted by molar-refractivity contribution is -0.385. The predicted octanol–water partition coefficient (Wildman–Crippen LogP) is 5.37. The number of anilines is 3. The van der Waals surface area contributed by atoms with E-state index in [1.807, 2.05) is 0 Å². The van der Waals surface area contributed by atoms with Gasteiger partial charge in [0.1, 0.15) is 9.90 Å². The summed E-state index contributed by atoms with van der Waals surface area (Å²) in [6.07, 6.45) is 3.24. The van der Waals surface area contributed by atoms with Crippen molar-refractivity contribution in [2.75, 3.05) is 10.0 Å². The summed E-state index contributed by atoms with van der Waals surface area (Å²) in [6.45, 7) is 0. The summed E-state index contributed by atoms with van der Waals surface area (Å²) < 4.78 is 28.9. The maximum atomic E-state index is 13.3. The quantitative estimate of drug-likeness (QED) is 0.199. The molecule has 0 spiro atoms. The lowest BCUT2D eigenvalue weighted by Crippen LogP contribution is -2.17. The van der Waals surface area contributed by atoms with E-state index in [0.29, 0.717) is 22.5 Å². The number of hydrogen-bond acceptors (Lipinski definition) is 9. The third-order valence-electron chi connectivity index (χ3n) is 5.83. The zero-order valence-corrected chi connectivity index (χ0v) is 21.3. The second-order valence-corrected chi connectivity index (χ2v) is 11.4. The number of nitrogens with zero attached hydrogens (tertiary/aromatic N) is 3. The normalized spacial score (nSPS) is 13.2. The number of aromatic carboxylic acids is 1. The number of halogens is 1. The largest absolute Gasteiger partial charge is 0.478 e. The Kier molecular flexibility index (Phi) is 6.43. The van der Waals surface area contributed by atoms with Gasteiger partial charge in [-0.3, -0.25) is 14.8 Å². The minimum absolute atomic E-state index is 0.0232. The molecule has 3 N–H and O–H groups in total. The Labute approximate surface area is 219 Å². The highest BCUT2D eigenvalue weighted by Gasteiger charge is 2.28. The molecule has 0 bridgehead atoms. The van der Waals surface area contributed by atoms with Crippen molar-refractivity contribution in [3.05, 3.63) is 73.6 Å². The molecule has 14 heteroatoms. The number of nitro groups is 1. The Bertz CT molecular complexity index is 1690. The van der Waals surface area contributed by atoms with E-state index in [1.54, 1.807) is 24.3 Å². The fourth-order valence-electron chi connectivity index (χ4n) is 4.14. The van der Waals surface area contributed by atoms with Crippen molar-refractivity contribution in [2.45, 2.75) is 30.6 Å². The lowest BCUT2D eigenvalue weighted by Gasteiger charge is -2.14. The number of thiophene rings is 1. The third kappa shape index (κ3) is 4.80. The maximum Gasteiger partial charge on any atom is 0.339 e. The van der Waals surface area contributed by atoms with Crippen LogP contribution in [0, 0.1) is 10.1 Å². The van der Waals surface area contributed by atoms with Crippen molar-refractivity contribution < 1.29 is 23.2 Å². The van der Waals surface area contributed by atoms with Crippen molar-refractivity contribution in [1.82, 2.24) is 9.97 Å². The molecule has 2 aromatic heterocycles. The number of carbonyl (C=O) groups is 1. The van der Waals surface area contributed by atoms with Gasteiger partial charge in [0.05, 0.1) is 26.5 Å². The molecule has 0 amide bonds. The molecule has 0 atom stereocenters. The molecule has 5 rings (SSSR count). The van der Waals surface area contributed by atoms with Gasteiger partial charge in [-0.05, 0) is 49.4 Å². The number of sulfonamides is 1. The maximum absolute atomic E-state index is 13.3. The summed E-state index contributed by atoms with van der Waals surface area (Å²) in [7, 11) is -4.45. The summed E-state index contributed by atoms with van der Waals surface area (Å²) in [5.41, 5.74) is 1.26. The van der Waals surface area contributed by atoms with Crippen LogP contribution >= 0.6 is 22.9 Å². The number of nitro benzene ring substituents is 1. The number of rotatable bonds is 7. The molecule has 0 saturated carbocycles. The first kappa shape index (κ1) is 24.9. The van der Waals surface area contributed by atoms with Crippen LogP contribution < -0.4 is 10.0 Å². The predicted molar refractivity (Wildman–Crippen MR) is 140 cm³/mol. The van der Waals surface area contributed by atoms with E-state index < -0.39 is 31.5 Å². The van der Waals surface area contributed by atoms with Crippen LogP contribution in [0.3, 0.4) is 0 Å². The highest BCUT2D eigenvalue weighted by atomic mass is 35.5. The van der Waals surface area contributed by atoms with Crippen molar-refractivity contribution >= 4 is 72.3 Å². The molecule has 1 aliphatic carbocycles. The molecule has 0 unspecified atom stereocenters. The van der Waals surface area contributed by atoms with Crippen molar-refractivity contribution in [1.29, 1.82) is 0 Å². The Balaban J connectivity index is 1.62. The van der Waals surface area contributed by atoms with Crippen LogP contribution in [-0.2, 0) is 22.9 Å². The number of aromatic nitrogens is 2. The van der Waals surface area contributed by atoms with E-state index in [9.17, 15) is 28.4 Å². The van der Waals surface area contributed by atoms with Gasteiger partial charge in [0.15, 0.2) is 11.6 Å². The minimum Gasteiger partial charge on any atom is -0.478 e. The van der Waals surface area contributed by atoms with Crippen molar-refractivity contribution in [2.24, 2.45) is 0 Å². The number of para-hydroxylation sites is 2. The van der Waals surface area contributed by atoms with Gasteiger partial charge in [0, 0.05) is 17.0 Å². The van der Waals surface area contributed by atoms with E-state index in [2.05, 4.69) is 20.0 Å². The minimum atomic E-state index is -4.45. The first-order chi connectivity index (χ1) is 17.6. The monoisotopic (exact) mass is 559 g/mol. The van der Waals surface area contributed by atoms with Gasteiger partial charge >= 0.3 is 5.97 Å². The second kappa shape index (κ2) is 9.57. The van der Waals surface area contributed by atoms with Crippen LogP contribution in [0.1, 0.15) is 33.6 Å². The van der Waals surface area contributed by atoms with Gasteiger partial charge < -0.3 is 10.4 Å². The summed E-state index contributed by atoms with van der Waals surface area (Å²) in [4.78, 5) is 31.9. The van der Waals surface area contributed by atoms with E-state index in [0.717, 1.165) is 47.9 Å². The molecule has 190 valence electrons. The SMILES string of the molecule is O=C(O)c1c(Nc2nc3ccccc3nc2NS(=O)(=O)c2cc([N+](=O)[O-])ccc2Cl)sc2c1CCCC2. The molecule has 0 radical (unpaired) electrons. The Morgan fingerprint density at radius 2 is 1.76 bits per heavy atom. The van der Waals surface area contributed by atoms with Gasteiger partial charge in [-0.1, -0.05) is 23.7 Å². The van der Waals surface area contributed by atoms with Crippen LogP contribution in [0.25, 0.3) is 11.0 Å². The van der Waals surface area contributed by atoms with E-state index in [-0.39, 0.29) is 22.2 Å². The molecular formula is C23H18ClN5O6S2. The smallest absolute Gasteiger partial charge is 0.339 e. The average Bonchev–Trinajstić information content (AvgIpc) is 3.22. The molecule has 4 aromatic rings. The number of hydrogen-bond donors (Lipinski definition) is 3. The lowest BCUT2D eigenvalue weighted by atomic mass is 9.95. The number of non-ortho nitro benzene ring substituents is 1. The molecule has 0 fully saturated rings. The molecule has 1 aliphatic rings. The summed E-state index contributed by atoms with van der Waals surface area (Å²) in [6, 6.07) is 9.82. The Morgan fingerprint density at radius 3 is 2.43 bits per heavy atom. The molecule has 0 aliphatic heterocycles. The third-order valence-corrected chi connectivity index (χ3v) is 8.86. The number of benzene rings is 2. The fourth-order valence-corrected chi connectivity index (χ4v) is 6.95. The van der Waals surface area contributed by atoms with Crippen LogP contribution in [-0.4, -0.2) is 34.4 Å². The first-order valence-corrected chi connectivity index (χ1v) is 13.7. The zero-order chi connectivity index (χ0) is 26.3. The number of carboxylic acids is 1. The van der Waals surface area contributed by atoms with Crippen molar-refractivity contribution in [3.8, 4) is 0 Å². The summed E-state index contributed by atoms with van der Waals surface area (Å²) >= 11 is 7.36. The van der Waals surface area contributed by atoms with E-state index in [4.69, 9.17) is 11.6 Å². The van der Waals surface area contributed by atoms with E-state index in [1.165, 1.54) is 11.3 Å². The standard InChI is InChI=1S/C23H18ClN5O6S2/c24-14-10-9-12(29(32)33)11-18(14)37(34,35)28-21-20(25-15-6-2-3-7-16(15)26-21)27-22-19(23(30)31)13-5-1-4-8-17(13)36-22/h2-3,6-7,9-11H,1,4-5,8H2,(H,25,27)(H,26,28)(H,30,31). The fraction of sp³-hybridized carbons (Fsp3) is 0.174. The van der Waals surface area contributed by atoms with Crippen LogP contribution in [0.2, 0.25) is 5.02 Å². The van der Waals surface area contributed by atoms with Crippen molar-refractivity contribution in [3.63, 3.8) is 0 Å². The van der Waals surface area contributed by atoms with Gasteiger partial charge in [-0.25, -0.2) is 23.2 Å². The molecule has 37 heavy (non-hydrogen) atoms. The van der Waals surface area contributed by atoms with Crippen LogP contribution in [0.4, 0.5) is 22.3 Å². The first-order valence-electron chi connectivity index (χ1n) is 11.0. The number of nitrogens with one attached hydrogen (secondary N) is 2. The van der Waals surface area contributed by atoms with Gasteiger partial charge in [0.2, 0.25) is 0 Å². The molecular weight excluding hydrogens is 542 g/mol. The van der Waals surface area contributed by atoms with Gasteiger partial charge in [0.25, 0.3) is 15.7 Å². The summed E-state index contributed by atoms with van der Waals surface area (Å²) in [5, 5.41) is 24.2. The van der Waals surface area contributed by atoms with Gasteiger partial charge in [-0.2, -0.15) is 0 Å². The molecule has 11 nitrogen and oxygen atoms in total.